The molecule has 0 aliphatic rings. The predicted molar refractivity (Wildman–Crippen MR) is 152 cm³/mol. The van der Waals surface area contributed by atoms with Crippen LogP contribution in [0, 0.1) is 5.92 Å². The Bertz CT molecular complexity index is 1390. The van der Waals surface area contributed by atoms with Crippen molar-refractivity contribution in [3.8, 4) is 0 Å². The second-order valence-corrected chi connectivity index (χ2v) is 10.2. The number of nitrogens with two attached hydrogens (primary N) is 2. The Kier molecular flexibility index (Phi) is 10.6. The van der Waals surface area contributed by atoms with E-state index in [0.717, 1.165) is 16.5 Å². The lowest BCUT2D eigenvalue weighted by Crippen LogP contribution is -2.59. The minimum Gasteiger partial charge on any atom is -0.480 e. The number of carbonyl (C=O) groups is 5. The molecule has 41 heavy (non-hydrogen) atoms. The van der Waals surface area contributed by atoms with E-state index in [1.54, 1.807) is 50.4 Å². The number of aromatic nitrogens is 1. The molecule has 1 aromatic heterocycles. The van der Waals surface area contributed by atoms with Crippen molar-refractivity contribution in [2.24, 2.45) is 17.4 Å². The Morgan fingerprint density at radius 3 is 2.10 bits per heavy atom. The summed E-state index contributed by atoms with van der Waals surface area (Å²) in [4.78, 5) is 65.6. The lowest BCUT2D eigenvalue weighted by Gasteiger charge is -2.27. The van der Waals surface area contributed by atoms with Crippen LogP contribution in [0.3, 0.4) is 0 Å². The SMILES string of the molecule is CC(C)C(NC(=O)C(N)Cc1c[nH]c2ccccc12)C(=O)NC(Cc1ccccc1)C(=O)NC(CC(N)=O)C(=O)O. The standard InChI is InChI=1S/C29H36N6O6/c1-16(2)25(35-26(37)20(30)13-18-15-32-21-11-7-6-10-19(18)21)28(39)33-22(12-17-8-4-3-5-9-17)27(38)34-23(29(40)41)14-24(31)36/h3-11,15-16,20,22-23,25,32H,12-14,30H2,1-2H3,(H2,31,36)(H,33,39)(H,34,38)(H,35,37)(H,40,41). The minimum atomic E-state index is -1.57. The number of primary amides is 1. The zero-order valence-corrected chi connectivity index (χ0v) is 22.9. The maximum Gasteiger partial charge on any atom is 0.326 e. The molecule has 0 saturated heterocycles. The monoisotopic (exact) mass is 564 g/mol. The molecule has 4 amide bonds. The highest BCUT2D eigenvalue weighted by Gasteiger charge is 2.32. The number of carboxylic acids is 1. The third-order valence-electron chi connectivity index (χ3n) is 6.63. The Balaban J connectivity index is 1.74. The van der Waals surface area contributed by atoms with E-state index in [9.17, 15) is 29.1 Å². The molecule has 4 unspecified atom stereocenters. The van der Waals surface area contributed by atoms with Crippen molar-refractivity contribution in [2.75, 3.05) is 0 Å². The van der Waals surface area contributed by atoms with Crippen LogP contribution in [-0.2, 0) is 36.8 Å². The highest BCUT2D eigenvalue weighted by atomic mass is 16.4. The molecule has 12 nitrogen and oxygen atoms in total. The molecular weight excluding hydrogens is 528 g/mol. The van der Waals surface area contributed by atoms with Gasteiger partial charge in [-0.05, 0) is 29.5 Å². The van der Waals surface area contributed by atoms with Gasteiger partial charge in [-0.3, -0.25) is 19.2 Å². The third-order valence-corrected chi connectivity index (χ3v) is 6.63. The highest BCUT2D eigenvalue weighted by molar-refractivity contribution is 5.95. The molecule has 0 fully saturated rings. The molecule has 3 rings (SSSR count). The van der Waals surface area contributed by atoms with Crippen LogP contribution in [0.25, 0.3) is 10.9 Å². The highest BCUT2D eigenvalue weighted by Crippen LogP contribution is 2.19. The topological polar surface area (TPSA) is 209 Å². The zero-order chi connectivity index (χ0) is 30.1. The van der Waals surface area contributed by atoms with Crippen molar-refractivity contribution in [3.63, 3.8) is 0 Å². The van der Waals surface area contributed by atoms with Gasteiger partial charge in [-0.25, -0.2) is 4.79 Å². The summed E-state index contributed by atoms with van der Waals surface area (Å²) in [5.74, 6) is -4.74. The van der Waals surface area contributed by atoms with Crippen LogP contribution in [-0.4, -0.2) is 63.9 Å². The van der Waals surface area contributed by atoms with E-state index in [-0.39, 0.29) is 18.8 Å². The quantitative estimate of drug-likeness (QED) is 0.146. The van der Waals surface area contributed by atoms with E-state index < -0.39 is 60.2 Å². The van der Waals surface area contributed by atoms with Crippen LogP contribution in [0.4, 0.5) is 0 Å². The fourth-order valence-electron chi connectivity index (χ4n) is 4.42. The van der Waals surface area contributed by atoms with Gasteiger partial charge in [0.25, 0.3) is 0 Å². The van der Waals surface area contributed by atoms with E-state index >= 15 is 0 Å². The van der Waals surface area contributed by atoms with Crippen LogP contribution >= 0.6 is 0 Å². The molecule has 9 N–H and O–H groups in total. The van der Waals surface area contributed by atoms with Gasteiger partial charge in [0.15, 0.2) is 0 Å². The summed E-state index contributed by atoms with van der Waals surface area (Å²) in [7, 11) is 0. The number of carboxylic acid groups (broad SMARTS) is 1. The third kappa shape index (κ3) is 8.64. The number of para-hydroxylation sites is 1. The number of rotatable bonds is 14. The van der Waals surface area contributed by atoms with Gasteiger partial charge < -0.3 is 37.5 Å². The van der Waals surface area contributed by atoms with Crippen molar-refractivity contribution < 1.29 is 29.1 Å². The molecule has 12 heteroatoms. The van der Waals surface area contributed by atoms with Crippen LogP contribution < -0.4 is 27.4 Å². The second kappa shape index (κ2) is 14.1. The lowest BCUT2D eigenvalue weighted by atomic mass is 9.99. The minimum absolute atomic E-state index is 0.0279. The molecule has 0 bridgehead atoms. The number of hydrogen-bond acceptors (Lipinski definition) is 6. The molecule has 3 aromatic rings. The van der Waals surface area contributed by atoms with Crippen molar-refractivity contribution in [1.29, 1.82) is 0 Å². The van der Waals surface area contributed by atoms with Crippen LogP contribution in [0.5, 0.6) is 0 Å². The van der Waals surface area contributed by atoms with Crippen LogP contribution in [0.2, 0.25) is 0 Å². The summed E-state index contributed by atoms with van der Waals surface area (Å²) in [6.07, 6.45) is 1.43. The smallest absolute Gasteiger partial charge is 0.326 e. The Morgan fingerprint density at radius 2 is 1.46 bits per heavy atom. The summed E-state index contributed by atoms with van der Waals surface area (Å²) < 4.78 is 0. The molecule has 1 heterocycles. The van der Waals surface area contributed by atoms with Crippen molar-refractivity contribution in [3.05, 3.63) is 71.9 Å². The van der Waals surface area contributed by atoms with Gasteiger partial charge in [-0.1, -0.05) is 62.4 Å². The summed E-state index contributed by atoms with van der Waals surface area (Å²) in [5.41, 5.74) is 13.8. The summed E-state index contributed by atoms with van der Waals surface area (Å²) >= 11 is 0. The molecule has 4 atom stereocenters. The zero-order valence-electron chi connectivity index (χ0n) is 22.9. The molecule has 0 radical (unpaired) electrons. The van der Waals surface area contributed by atoms with E-state index in [1.807, 2.05) is 24.3 Å². The van der Waals surface area contributed by atoms with Crippen LogP contribution in [0.1, 0.15) is 31.4 Å². The molecule has 0 aliphatic heterocycles. The van der Waals surface area contributed by atoms with Crippen molar-refractivity contribution in [1.82, 2.24) is 20.9 Å². The number of hydrogen-bond donors (Lipinski definition) is 7. The normalized spacial score (nSPS) is 14.0. The number of fused-ring (bicyclic) bond motifs is 1. The summed E-state index contributed by atoms with van der Waals surface area (Å²) in [5, 5.41) is 18.0. The van der Waals surface area contributed by atoms with E-state index in [1.165, 1.54) is 0 Å². The largest absolute Gasteiger partial charge is 0.480 e. The Morgan fingerprint density at radius 1 is 0.829 bits per heavy atom. The number of nitrogens with one attached hydrogen (secondary N) is 4. The number of amides is 4. The Hall–Kier alpha value is -4.71. The summed E-state index contributed by atoms with van der Waals surface area (Å²) in [6, 6.07) is 11.6. The van der Waals surface area contributed by atoms with Crippen molar-refractivity contribution in [2.45, 2.75) is 57.3 Å². The van der Waals surface area contributed by atoms with Gasteiger partial charge in [0.2, 0.25) is 23.6 Å². The first-order valence-corrected chi connectivity index (χ1v) is 13.2. The van der Waals surface area contributed by atoms with E-state index in [4.69, 9.17) is 11.5 Å². The Labute approximate surface area is 237 Å². The molecule has 0 saturated carbocycles. The number of aromatic amines is 1. The summed E-state index contributed by atoms with van der Waals surface area (Å²) in [6.45, 7) is 3.46. The van der Waals surface area contributed by atoms with Crippen molar-refractivity contribution >= 4 is 40.5 Å². The van der Waals surface area contributed by atoms with Gasteiger partial charge in [0.1, 0.15) is 18.1 Å². The maximum absolute atomic E-state index is 13.4. The maximum atomic E-state index is 13.4. The molecule has 0 spiro atoms. The van der Waals surface area contributed by atoms with Gasteiger partial charge in [-0.15, -0.1) is 0 Å². The first-order valence-electron chi connectivity index (χ1n) is 13.2. The molecular formula is C29H36N6O6. The molecule has 218 valence electrons. The lowest BCUT2D eigenvalue weighted by molar-refractivity contribution is -0.143. The number of aliphatic carboxylic acids is 1. The molecule has 0 aliphatic carbocycles. The van der Waals surface area contributed by atoms with Crippen LogP contribution in [0.15, 0.2) is 60.8 Å². The first kappa shape index (κ1) is 30.8. The van der Waals surface area contributed by atoms with Gasteiger partial charge in [0.05, 0.1) is 12.5 Å². The fourth-order valence-corrected chi connectivity index (χ4v) is 4.42. The van der Waals surface area contributed by atoms with E-state index in [2.05, 4.69) is 20.9 Å². The average Bonchev–Trinajstić information content (AvgIpc) is 3.33. The second-order valence-electron chi connectivity index (χ2n) is 10.2. The van der Waals surface area contributed by atoms with E-state index in [0.29, 0.717) is 5.56 Å². The number of H-pyrrole nitrogens is 1. The number of carbonyl (C=O) groups excluding carboxylic acids is 4. The fraction of sp³-hybridized carbons (Fsp3) is 0.345. The average molecular weight is 565 g/mol. The molecule has 2 aromatic carbocycles. The van der Waals surface area contributed by atoms with Gasteiger partial charge >= 0.3 is 5.97 Å². The predicted octanol–water partition coefficient (Wildman–Crippen LogP) is 0.351. The van der Waals surface area contributed by atoms with Gasteiger partial charge in [0, 0.05) is 23.5 Å². The van der Waals surface area contributed by atoms with Gasteiger partial charge in [-0.2, -0.15) is 0 Å². The number of benzene rings is 2. The first-order chi connectivity index (χ1) is 19.5.